The molecule has 6 heteroatoms. The Labute approximate surface area is 105 Å². The molecule has 1 aliphatic heterocycles. The number of H-pyrrole nitrogens is 1. The van der Waals surface area contributed by atoms with Gasteiger partial charge in [0.2, 0.25) is 0 Å². The van der Waals surface area contributed by atoms with E-state index in [0.717, 1.165) is 25.0 Å². The van der Waals surface area contributed by atoms with Gasteiger partial charge in [-0.1, -0.05) is 13.3 Å². The lowest BCUT2D eigenvalue weighted by Crippen LogP contribution is -2.40. The van der Waals surface area contributed by atoms with Crippen LogP contribution in [-0.2, 0) is 11.2 Å². The molecule has 2 rings (SSSR count). The monoisotopic (exact) mass is 251 g/mol. The number of rotatable bonds is 4. The lowest BCUT2D eigenvalue weighted by Gasteiger charge is -2.19. The maximum atomic E-state index is 12.2. The van der Waals surface area contributed by atoms with Gasteiger partial charge in [0, 0.05) is 12.2 Å². The second-order valence-corrected chi connectivity index (χ2v) is 4.52. The molecule has 1 atom stereocenters. The van der Waals surface area contributed by atoms with Crippen molar-refractivity contribution in [3.8, 4) is 0 Å². The summed E-state index contributed by atoms with van der Waals surface area (Å²) in [4.78, 5) is 24.6. The molecule has 6 nitrogen and oxygen atoms in total. The van der Waals surface area contributed by atoms with Gasteiger partial charge in [0.15, 0.2) is 0 Å². The zero-order chi connectivity index (χ0) is 13.1. The molecule has 1 aliphatic rings. The van der Waals surface area contributed by atoms with Crippen LogP contribution in [0.25, 0.3) is 0 Å². The van der Waals surface area contributed by atoms with Gasteiger partial charge in [-0.15, -0.1) is 0 Å². The van der Waals surface area contributed by atoms with Crippen molar-refractivity contribution in [1.29, 1.82) is 0 Å². The third-order valence-corrected chi connectivity index (χ3v) is 3.17. The number of aliphatic carboxylic acids is 1. The van der Waals surface area contributed by atoms with Gasteiger partial charge in [0.1, 0.15) is 11.7 Å². The summed E-state index contributed by atoms with van der Waals surface area (Å²) in [6.45, 7) is 2.54. The Hall–Kier alpha value is -1.85. The zero-order valence-corrected chi connectivity index (χ0v) is 10.3. The number of aryl methyl sites for hydroxylation is 1. The van der Waals surface area contributed by atoms with E-state index in [4.69, 9.17) is 5.11 Å². The molecule has 0 unspecified atom stereocenters. The number of nitrogens with zero attached hydrogens (tertiary/aromatic N) is 2. The number of carbonyl (C=O) groups is 2. The SMILES string of the molecule is CCCc1cc(C(=O)N2CCC[C@H]2C(=O)O)n[nH]1. The number of likely N-dealkylation sites (tertiary alicyclic amines) is 1. The van der Waals surface area contributed by atoms with E-state index in [2.05, 4.69) is 10.2 Å². The van der Waals surface area contributed by atoms with Gasteiger partial charge >= 0.3 is 5.97 Å². The molecule has 98 valence electrons. The molecule has 1 aromatic rings. The molecule has 0 aromatic carbocycles. The first-order valence-corrected chi connectivity index (χ1v) is 6.21. The first-order valence-electron chi connectivity index (χ1n) is 6.21. The van der Waals surface area contributed by atoms with Crippen molar-refractivity contribution in [3.63, 3.8) is 0 Å². The van der Waals surface area contributed by atoms with Crippen LogP contribution in [0.4, 0.5) is 0 Å². The summed E-state index contributed by atoms with van der Waals surface area (Å²) in [5.74, 6) is -1.23. The molecule has 0 spiro atoms. The molecule has 1 fully saturated rings. The lowest BCUT2D eigenvalue weighted by molar-refractivity contribution is -0.141. The Morgan fingerprint density at radius 2 is 2.39 bits per heavy atom. The van der Waals surface area contributed by atoms with Crippen LogP contribution in [0, 0.1) is 0 Å². The number of nitrogens with one attached hydrogen (secondary N) is 1. The van der Waals surface area contributed by atoms with E-state index in [1.54, 1.807) is 6.07 Å². The van der Waals surface area contributed by atoms with Gasteiger partial charge in [-0.3, -0.25) is 9.89 Å². The van der Waals surface area contributed by atoms with Crippen molar-refractivity contribution < 1.29 is 14.7 Å². The second kappa shape index (κ2) is 5.20. The number of carboxylic acid groups (broad SMARTS) is 1. The molecule has 0 aliphatic carbocycles. The number of carboxylic acids is 1. The van der Waals surface area contributed by atoms with Crippen LogP contribution in [0.2, 0.25) is 0 Å². The van der Waals surface area contributed by atoms with Gasteiger partial charge in [-0.25, -0.2) is 4.79 Å². The minimum absolute atomic E-state index is 0.293. The van der Waals surface area contributed by atoms with Gasteiger partial charge in [-0.05, 0) is 25.3 Å². The van der Waals surface area contributed by atoms with Crippen LogP contribution in [0.1, 0.15) is 42.4 Å². The number of carbonyl (C=O) groups excluding carboxylic acids is 1. The van der Waals surface area contributed by atoms with E-state index in [0.29, 0.717) is 18.7 Å². The molecule has 0 bridgehead atoms. The van der Waals surface area contributed by atoms with Gasteiger partial charge < -0.3 is 10.0 Å². The topological polar surface area (TPSA) is 86.3 Å². The zero-order valence-electron chi connectivity index (χ0n) is 10.3. The van der Waals surface area contributed by atoms with Crippen LogP contribution < -0.4 is 0 Å². The standard InChI is InChI=1S/C12H17N3O3/c1-2-4-8-7-9(14-13-8)11(16)15-6-3-5-10(15)12(17)18/h7,10H,2-6H2,1H3,(H,13,14)(H,17,18)/t10-/m0/s1. The first kappa shape index (κ1) is 12.6. The fourth-order valence-corrected chi connectivity index (χ4v) is 2.28. The molecule has 1 aromatic heterocycles. The summed E-state index contributed by atoms with van der Waals surface area (Å²) in [6.07, 6.45) is 3.06. The number of amides is 1. The average molecular weight is 251 g/mol. The van der Waals surface area contributed by atoms with Crippen molar-refractivity contribution in [2.24, 2.45) is 0 Å². The van der Waals surface area contributed by atoms with E-state index >= 15 is 0 Å². The van der Waals surface area contributed by atoms with Crippen molar-refractivity contribution >= 4 is 11.9 Å². The van der Waals surface area contributed by atoms with E-state index in [1.807, 2.05) is 6.92 Å². The van der Waals surface area contributed by atoms with E-state index in [1.165, 1.54) is 4.90 Å². The van der Waals surface area contributed by atoms with Crippen LogP contribution in [0.15, 0.2) is 6.07 Å². The predicted octanol–water partition coefficient (Wildman–Crippen LogP) is 1.05. The third-order valence-electron chi connectivity index (χ3n) is 3.17. The smallest absolute Gasteiger partial charge is 0.326 e. The maximum Gasteiger partial charge on any atom is 0.326 e. The molecular weight excluding hydrogens is 234 g/mol. The number of aromatic nitrogens is 2. The Kier molecular flexibility index (Phi) is 3.64. The molecular formula is C12H17N3O3. The Morgan fingerprint density at radius 3 is 3.06 bits per heavy atom. The van der Waals surface area contributed by atoms with Crippen LogP contribution in [-0.4, -0.2) is 44.7 Å². The van der Waals surface area contributed by atoms with Crippen LogP contribution in [0.5, 0.6) is 0 Å². The maximum absolute atomic E-state index is 12.2. The van der Waals surface area contributed by atoms with Crippen LogP contribution >= 0.6 is 0 Å². The van der Waals surface area contributed by atoms with Crippen molar-refractivity contribution in [2.75, 3.05) is 6.54 Å². The van der Waals surface area contributed by atoms with E-state index < -0.39 is 12.0 Å². The van der Waals surface area contributed by atoms with Gasteiger partial charge in [0.05, 0.1) is 0 Å². The highest BCUT2D eigenvalue weighted by Crippen LogP contribution is 2.20. The summed E-state index contributed by atoms with van der Waals surface area (Å²) in [7, 11) is 0. The quantitative estimate of drug-likeness (QED) is 0.837. The highest BCUT2D eigenvalue weighted by Gasteiger charge is 2.35. The van der Waals surface area contributed by atoms with E-state index in [9.17, 15) is 9.59 Å². The van der Waals surface area contributed by atoms with Gasteiger partial charge in [-0.2, -0.15) is 5.10 Å². The summed E-state index contributed by atoms with van der Waals surface area (Å²) in [5, 5.41) is 15.8. The third kappa shape index (κ3) is 2.37. The Morgan fingerprint density at radius 1 is 1.61 bits per heavy atom. The Bertz CT molecular complexity index is 455. The first-order chi connectivity index (χ1) is 8.63. The summed E-state index contributed by atoms with van der Waals surface area (Å²) in [6, 6.07) is 1.01. The fraction of sp³-hybridized carbons (Fsp3) is 0.583. The molecule has 2 heterocycles. The molecule has 1 saturated heterocycles. The van der Waals surface area contributed by atoms with Crippen LogP contribution in [0.3, 0.4) is 0 Å². The molecule has 0 radical (unpaired) electrons. The van der Waals surface area contributed by atoms with Crippen molar-refractivity contribution in [3.05, 3.63) is 17.5 Å². The summed E-state index contributed by atoms with van der Waals surface area (Å²) >= 11 is 0. The van der Waals surface area contributed by atoms with Gasteiger partial charge in [0.25, 0.3) is 5.91 Å². The average Bonchev–Trinajstić information content (AvgIpc) is 2.96. The predicted molar refractivity (Wildman–Crippen MR) is 64.3 cm³/mol. The van der Waals surface area contributed by atoms with Crippen molar-refractivity contribution in [1.82, 2.24) is 15.1 Å². The minimum atomic E-state index is -0.940. The summed E-state index contributed by atoms with van der Waals surface area (Å²) < 4.78 is 0. The molecule has 1 amide bonds. The number of hydrogen-bond donors (Lipinski definition) is 2. The van der Waals surface area contributed by atoms with E-state index in [-0.39, 0.29) is 5.91 Å². The largest absolute Gasteiger partial charge is 0.480 e. The minimum Gasteiger partial charge on any atom is -0.480 e. The summed E-state index contributed by atoms with van der Waals surface area (Å²) in [5.41, 5.74) is 1.22. The fourth-order valence-electron chi connectivity index (χ4n) is 2.28. The highest BCUT2D eigenvalue weighted by molar-refractivity contribution is 5.95. The number of hydrogen-bond acceptors (Lipinski definition) is 3. The normalized spacial score (nSPS) is 19.2. The van der Waals surface area contributed by atoms with Crippen molar-refractivity contribution in [2.45, 2.75) is 38.6 Å². The number of aromatic amines is 1. The Balaban J connectivity index is 2.12. The molecule has 18 heavy (non-hydrogen) atoms. The second-order valence-electron chi connectivity index (χ2n) is 4.52. The molecule has 0 saturated carbocycles. The molecule has 2 N–H and O–H groups in total. The lowest BCUT2D eigenvalue weighted by atomic mass is 10.2. The highest BCUT2D eigenvalue weighted by atomic mass is 16.4.